The molecule has 2 rings (SSSR count). The van der Waals surface area contributed by atoms with E-state index in [1.165, 1.54) is 6.92 Å². The van der Waals surface area contributed by atoms with Gasteiger partial charge in [0, 0.05) is 10.6 Å². The maximum absolute atomic E-state index is 11.1. The zero-order valence-electron chi connectivity index (χ0n) is 9.81. The second-order valence-corrected chi connectivity index (χ2v) is 4.30. The highest BCUT2D eigenvalue weighted by atomic mass is 35.5. The summed E-state index contributed by atoms with van der Waals surface area (Å²) in [7, 11) is 0. The SMILES string of the molecule is CC(=O)c1ccc(Oc2ccc(Cl)cc2N)cc1. The molecule has 0 heterocycles. The highest BCUT2D eigenvalue weighted by molar-refractivity contribution is 6.30. The lowest BCUT2D eigenvalue weighted by molar-refractivity contribution is 0.101. The van der Waals surface area contributed by atoms with E-state index in [1.54, 1.807) is 42.5 Å². The van der Waals surface area contributed by atoms with Gasteiger partial charge in [0.15, 0.2) is 5.78 Å². The minimum absolute atomic E-state index is 0.0209. The molecule has 18 heavy (non-hydrogen) atoms. The van der Waals surface area contributed by atoms with Crippen molar-refractivity contribution in [2.45, 2.75) is 6.92 Å². The third kappa shape index (κ3) is 2.81. The van der Waals surface area contributed by atoms with Crippen molar-refractivity contribution in [3.05, 3.63) is 53.1 Å². The van der Waals surface area contributed by atoms with E-state index in [0.29, 0.717) is 27.8 Å². The van der Waals surface area contributed by atoms with Crippen LogP contribution in [0.5, 0.6) is 11.5 Å². The van der Waals surface area contributed by atoms with Gasteiger partial charge in [0.25, 0.3) is 0 Å². The molecule has 0 atom stereocenters. The first-order chi connectivity index (χ1) is 8.56. The molecule has 0 amide bonds. The number of hydrogen-bond acceptors (Lipinski definition) is 3. The third-order valence-corrected chi connectivity index (χ3v) is 2.70. The summed E-state index contributed by atoms with van der Waals surface area (Å²) in [5, 5.41) is 0.562. The summed E-state index contributed by atoms with van der Waals surface area (Å²) >= 11 is 5.80. The molecule has 0 aromatic heterocycles. The molecule has 0 saturated carbocycles. The van der Waals surface area contributed by atoms with Gasteiger partial charge in [-0.15, -0.1) is 0 Å². The summed E-state index contributed by atoms with van der Waals surface area (Å²) in [6, 6.07) is 11.9. The van der Waals surface area contributed by atoms with Crippen molar-refractivity contribution in [1.29, 1.82) is 0 Å². The van der Waals surface area contributed by atoms with E-state index >= 15 is 0 Å². The van der Waals surface area contributed by atoms with Crippen molar-refractivity contribution in [2.75, 3.05) is 5.73 Å². The van der Waals surface area contributed by atoms with Crippen LogP contribution in [-0.4, -0.2) is 5.78 Å². The lowest BCUT2D eigenvalue weighted by Crippen LogP contribution is -1.94. The van der Waals surface area contributed by atoms with E-state index in [9.17, 15) is 4.79 Å². The van der Waals surface area contributed by atoms with Crippen LogP contribution in [0.2, 0.25) is 5.02 Å². The van der Waals surface area contributed by atoms with Crippen LogP contribution in [0.3, 0.4) is 0 Å². The van der Waals surface area contributed by atoms with Crippen molar-refractivity contribution in [2.24, 2.45) is 0 Å². The summed E-state index contributed by atoms with van der Waals surface area (Å²) in [5.74, 6) is 1.18. The second-order valence-electron chi connectivity index (χ2n) is 3.86. The summed E-state index contributed by atoms with van der Waals surface area (Å²) in [4.78, 5) is 11.1. The summed E-state index contributed by atoms with van der Waals surface area (Å²) < 4.78 is 5.60. The van der Waals surface area contributed by atoms with Gasteiger partial charge in [-0.2, -0.15) is 0 Å². The molecule has 0 saturated heterocycles. The number of benzene rings is 2. The predicted molar refractivity (Wildman–Crippen MR) is 72.4 cm³/mol. The molecule has 2 N–H and O–H groups in total. The molecule has 0 unspecified atom stereocenters. The van der Waals surface area contributed by atoms with Crippen LogP contribution in [0, 0.1) is 0 Å². The van der Waals surface area contributed by atoms with Crippen LogP contribution in [0.4, 0.5) is 5.69 Å². The Balaban J connectivity index is 2.21. The van der Waals surface area contributed by atoms with Crippen molar-refractivity contribution in [1.82, 2.24) is 0 Å². The predicted octanol–water partition coefficient (Wildman–Crippen LogP) is 3.92. The fraction of sp³-hybridized carbons (Fsp3) is 0.0714. The van der Waals surface area contributed by atoms with Crippen LogP contribution in [0.15, 0.2) is 42.5 Å². The number of nitrogens with two attached hydrogens (primary N) is 1. The van der Waals surface area contributed by atoms with Gasteiger partial charge in [0.05, 0.1) is 5.69 Å². The van der Waals surface area contributed by atoms with Crippen LogP contribution in [-0.2, 0) is 0 Å². The molecule has 0 aliphatic carbocycles. The van der Waals surface area contributed by atoms with Gasteiger partial charge >= 0.3 is 0 Å². The Kier molecular flexibility index (Phi) is 3.53. The molecular weight excluding hydrogens is 250 g/mol. The first kappa shape index (κ1) is 12.5. The molecule has 0 fully saturated rings. The number of Topliss-reactive ketones (excluding diaryl/α,β-unsaturated/α-hetero) is 1. The number of anilines is 1. The molecule has 0 spiro atoms. The van der Waals surface area contributed by atoms with Crippen molar-refractivity contribution < 1.29 is 9.53 Å². The topological polar surface area (TPSA) is 52.3 Å². The minimum Gasteiger partial charge on any atom is -0.455 e. The van der Waals surface area contributed by atoms with E-state index in [2.05, 4.69) is 0 Å². The van der Waals surface area contributed by atoms with E-state index < -0.39 is 0 Å². The Bertz CT molecular complexity index is 579. The minimum atomic E-state index is 0.0209. The summed E-state index contributed by atoms with van der Waals surface area (Å²) in [5.41, 5.74) is 6.90. The molecule has 2 aromatic carbocycles. The fourth-order valence-electron chi connectivity index (χ4n) is 1.50. The second kappa shape index (κ2) is 5.10. The van der Waals surface area contributed by atoms with Gasteiger partial charge in [-0.1, -0.05) is 11.6 Å². The normalized spacial score (nSPS) is 10.1. The highest BCUT2D eigenvalue weighted by Gasteiger charge is 2.04. The lowest BCUT2D eigenvalue weighted by Gasteiger charge is -2.08. The Labute approximate surface area is 110 Å². The van der Waals surface area contributed by atoms with Gasteiger partial charge in [0.2, 0.25) is 0 Å². The average molecular weight is 262 g/mol. The Morgan fingerprint density at radius 3 is 2.39 bits per heavy atom. The summed E-state index contributed by atoms with van der Waals surface area (Å²) in [6.45, 7) is 1.52. The van der Waals surface area contributed by atoms with Crippen LogP contribution in [0.25, 0.3) is 0 Å². The van der Waals surface area contributed by atoms with Gasteiger partial charge in [0.1, 0.15) is 11.5 Å². The molecule has 0 radical (unpaired) electrons. The molecule has 3 nitrogen and oxygen atoms in total. The number of nitrogen functional groups attached to an aromatic ring is 1. The third-order valence-electron chi connectivity index (χ3n) is 2.46. The first-order valence-corrected chi connectivity index (χ1v) is 5.78. The van der Waals surface area contributed by atoms with Gasteiger partial charge in [-0.3, -0.25) is 4.79 Å². The zero-order valence-corrected chi connectivity index (χ0v) is 10.6. The smallest absolute Gasteiger partial charge is 0.159 e. The molecule has 0 bridgehead atoms. The monoisotopic (exact) mass is 261 g/mol. The van der Waals surface area contributed by atoms with E-state index in [1.807, 2.05) is 0 Å². The zero-order chi connectivity index (χ0) is 13.1. The average Bonchev–Trinajstić information content (AvgIpc) is 2.33. The largest absolute Gasteiger partial charge is 0.455 e. The van der Waals surface area contributed by atoms with E-state index in [4.69, 9.17) is 22.1 Å². The van der Waals surface area contributed by atoms with Gasteiger partial charge in [-0.25, -0.2) is 0 Å². The standard InChI is InChI=1S/C14H12ClNO2/c1-9(17)10-2-5-12(6-3-10)18-14-7-4-11(15)8-13(14)16/h2-8H,16H2,1H3. The number of carbonyl (C=O) groups is 1. The van der Waals surface area contributed by atoms with Gasteiger partial charge in [-0.05, 0) is 49.4 Å². The molecule has 92 valence electrons. The number of rotatable bonds is 3. The van der Waals surface area contributed by atoms with E-state index in [-0.39, 0.29) is 5.78 Å². The maximum Gasteiger partial charge on any atom is 0.159 e. The van der Waals surface area contributed by atoms with Crippen LogP contribution in [0.1, 0.15) is 17.3 Å². The number of ether oxygens (including phenoxy) is 1. The number of ketones is 1. The molecule has 2 aromatic rings. The number of hydrogen-bond donors (Lipinski definition) is 1. The Hall–Kier alpha value is -2.00. The molecule has 0 aliphatic rings. The lowest BCUT2D eigenvalue weighted by atomic mass is 10.1. The maximum atomic E-state index is 11.1. The molecular formula is C14H12ClNO2. The van der Waals surface area contributed by atoms with E-state index in [0.717, 1.165) is 0 Å². The fourth-order valence-corrected chi connectivity index (χ4v) is 1.68. The number of carbonyl (C=O) groups excluding carboxylic acids is 1. The molecule has 0 aliphatic heterocycles. The highest BCUT2D eigenvalue weighted by Crippen LogP contribution is 2.29. The van der Waals surface area contributed by atoms with Crippen LogP contribution < -0.4 is 10.5 Å². The van der Waals surface area contributed by atoms with Crippen molar-refractivity contribution in [3.63, 3.8) is 0 Å². The van der Waals surface area contributed by atoms with Crippen LogP contribution >= 0.6 is 11.6 Å². The number of halogens is 1. The first-order valence-electron chi connectivity index (χ1n) is 5.40. The Morgan fingerprint density at radius 1 is 1.17 bits per heavy atom. The van der Waals surface area contributed by atoms with Crippen molar-refractivity contribution >= 4 is 23.1 Å². The summed E-state index contributed by atoms with van der Waals surface area (Å²) in [6.07, 6.45) is 0. The Morgan fingerprint density at radius 2 is 1.83 bits per heavy atom. The van der Waals surface area contributed by atoms with Gasteiger partial charge < -0.3 is 10.5 Å². The molecule has 4 heteroatoms. The van der Waals surface area contributed by atoms with Crippen molar-refractivity contribution in [3.8, 4) is 11.5 Å². The quantitative estimate of drug-likeness (QED) is 0.673.